The van der Waals surface area contributed by atoms with Gasteiger partial charge in [0.05, 0.1) is 0 Å². The fourth-order valence-corrected chi connectivity index (χ4v) is 4.21. The highest BCUT2D eigenvalue weighted by Crippen LogP contribution is 2.47. The van der Waals surface area contributed by atoms with E-state index in [0.717, 1.165) is 45.5 Å². The van der Waals surface area contributed by atoms with E-state index in [-0.39, 0.29) is 13.6 Å². The second-order valence-electron chi connectivity index (χ2n) is 8.18. The molecule has 0 spiro atoms. The highest BCUT2D eigenvalue weighted by Gasteiger charge is 2.23. The molecule has 0 saturated heterocycles. The molecular weight excluding hydrogens is 428 g/mol. The first-order valence-corrected chi connectivity index (χ1v) is 11.3. The highest BCUT2D eigenvalue weighted by atomic mass is 16.7. The van der Waals surface area contributed by atoms with Gasteiger partial charge in [0.25, 0.3) is 0 Å². The molecule has 2 N–H and O–H groups in total. The largest absolute Gasteiger partial charge is 0.454 e. The fraction of sp³-hybridized carbons (Fsp3) is 0.143. The maximum absolute atomic E-state index is 5.71. The summed E-state index contributed by atoms with van der Waals surface area (Å²) in [5.41, 5.74) is 6.28. The Kier molecular flexibility index (Phi) is 5.32. The third-order valence-corrected chi connectivity index (χ3v) is 5.97. The van der Waals surface area contributed by atoms with Crippen LogP contribution in [0, 0.1) is 0 Å². The van der Waals surface area contributed by atoms with E-state index >= 15 is 0 Å². The average Bonchev–Trinajstić information content (AvgIpc) is 3.55. The lowest BCUT2D eigenvalue weighted by atomic mass is 9.99. The molecule has 0 unspecified atom stereocenters. The average molecular weight is 453 g/mol. The summed E-state index contributed by atoms with van der Waals surface area (Å²) in [4.78, 5) is 0. The number of anilines is 2. The Morgan fingerprint density at radius 3 is 1.29 bits per heavy atom. The van der Waals surface area contributed by atoms with Crippen LogP contribution in [0.2, 0.25) is 0 Å². The van der Waals surface area contributed by atoms with Gasteiger partial charge in [-0.15, -0.1) is 0 Å². The van der Waals surface area contributed by atoms with E-state index in [9.17, 15) is 0 Å². The molecule has 170 valence electrons. The summed E-state index contributed by atoms with van der Waals surface area (Å²) in [6, 6.07) is 28.7. The number of ether oxygens (including phenoxy) is 4. The van der Waals surface area contributed by atoms with E-state index in [1.807, 2.05) is 60.7 Å². The molecule has 4 aromatic carbocycles. The van der Waals surface area contributed by atoms with Crippen LogP contribution < -0.4 is 29.6 Å². The molecule has 0 aliphatic carbocycles. The normalized spacial score (nSPS) is 13.1. The van der Waals surface area contributed by atoms with Gasteiger partial charge in [0.2, 0.25) is 13.6 Å². The number of fused-ring (bicyclic) bond motifs is 2. The maximum atomic E-state index is 5.71. The van der Waals surface area contributed by atoms with Gasteiger partial charge >= 0.3 is 0 Å². The van der Waals surface area contributed by atoms with Crippen LogP contribution >= 0.6 is 0 Å². The van der Waals surface area contributed by atoms with Gasteiger partial charge in [-0.25, -0.2) is 0 Å². The van der Waals surface area contributed by atoms with Crippen LogP contribution in [0.5, 0.6) is 23.0 Å². The summed E-state index contributed by atoms with van der Waals surface area (Å²) < 4.78 is 22.8. The zero-order valence-corrected chi connectivity index (χ0v) is 18.5. The van der Waals surface area contributed by atoms with Gasteiger partial charge in [0, 0.05) is 47.7 Å². The van der Waals surface area contributed by atoms with Crippen molar-refractivity contribution >= 4 is 11.4 Å². The second-order valence-corrected chi connectivity index (χ2v) is 8.18. The van der Waals surface area contributed by atoms with E-state index in [1.54, 1.807) is 0 Å². The molecular formula is C28H24N2O4. The summed E-state index contributed by atoms with van der Waals surface area (Å²) in [5.74, 6) is 2.93. The predicted molar refractivity (Wildman–Crippen MR) is 132 cm³/mol. The molecule has 0 saturated carbocycles. The molecule has 0 aromatic heterocycles. The van der Waals surface area contributed by atoms with E-state index in [4.69, 9.17) is 18.9 Å². The van der Waals surface area contributed by atoms with Gasteiger partial charge in [-0.2, -0.15) is 0 Å². The summed E-state index contributed by atoms with van der Waals surface area (Å²) in [6.07, 6.45) is 0. The van der Waals surface area contributed by atoms with Gasteiger partial charge in [0.15, 0.2) is 23.0 Å². The van der Waals surface area contributed by atoms with Gasteiger partial charge in [-0.3, -0.25) is 0 Å². The molecule has 0 fully saturated rings. The van der Waals surface area contributed by atoms with Crippen LogP contribution in [0.3, 0.4) is 0 Å². The van der Waals surface area contributed by atoms with E-state index in [1.165, 1.54) is 11.1 Å². The first-order chi connectivity index (χ1) is 16.8. The van der Waals surface area contributed by atoms with E-state index < -0.39 is 0 Å². The molecule has 6 nitrogen and oxygen atoms in total. The minimum atomic E-state index is 0.219. The molecule has 0 bridgehead atoms. The SMILES string of the molecule is c1ccc(CNc2cc3c(cc2-c2cc4c(cc2NCc2ccccc2)OCO4)OCO3)cc1. The fourth-order valence-electron chi connectivity index (χ4n) is 4.21. The number of hydrogen-bond donors (Lipinski definition) is 2. The quantitative estimate of drug-likeness (QED) is 0.357. The van der Waals surface area contributed by atoms with E-state index in [0.29, 0.717) is 13.1 Å². The Balaban J connectivity index is 1.40. The number of benzene rings is 4. The Labute approximate surface area is 198 Å². The summed E-state index contributed by atoms with van der Waals surface area (Å²) >= 11 is 0. The van der Waals surface area contributed by atoms with Crippen LogP contribution in [0.15, 0.2) is 84.9 Å². The first-order valence-electron chi connectivity index (χ1n) is 11.3. The Hall–Kier alpha value is -4.32. The van der Waals surface area contributed by atoms with Crippen LogP contribution in [0.4, 0.5) is 11.4 Å². The highest BCUT2D eigenvalue weighted by molar-refractivity contribution is 5.90. The van der Waals surface area contributed by atoms with Crippen molar-refractivity contribution in [3.05, 3.63) is 96.1 Å². The molecule has 6 rings (SSSR count). The smallest absolute Gasteiger partial charge is 0.231 e. The van der Waals surface area contributed by atoms with Crippen LogP contribution in [-0.4, -0.2) is 13.6 Å². The molecule has 4 aromatic rings. The minimum absolute atomic E-state index is 0.219. The van der Waals surface area contributed by atoms with Gasteiger partial charge in [-0.1, -0.05) is 60.7 Å². The van der Waals surface area contributed by atoms with Crippen molar-refractivity contribution < 1.29 is 18.9 Å². The summed E-state index contributed by atoms with van der Waals surface area (Å²) in [6.45, 7) is 1.81. The molecule has 2 aliphatic rings. The topological polar surface area (TPSA) is 61.0 Å². The number of rotatable bonds is 7. The predicted octanol–water partition coefficient (Wildman–Crippen LogP) is 6.04. The lowest BCUT2D eigenvalue weighted by molar-refractivity contribution is 0.173. The number of nitrogens with one attached hydrogen (secondary N) is 2. The van der Waals surface area contributed by atoms with Crippen LogP contribution in [0.1, 0.15) is 11.1 Å². The Morgan fingerprint density at radius 2 is 0.882 bits per heavy atom. The second kappa shape index (κ2) is 8.90. The summed E-state index contributed by atoms with van der Waals surface area (Å²) in [5, 5.41) is 7.18. The Morgan fingerprint density at radius 1 is 0.500 bits per heavy atom. The molecule has 6 heteroatoms. The molecule has 0 atom stereocenters. The molecule has 0 radical (unpaired) electrons. The van der Waals surface area contributed by atoms with Crippen molar-refractivity contribution in [2.45, 2.75) is 13.1 Å². The maximum Gasteiger partial charge on any atom is 0.231 e. The van der Waals surface area contributed by atoms with Crippen molar-refractivity contribution in [3.63, 3.8) is 0 Å². The van der Waals surface area contributed by atoms with Gasteiger partial charge < -0.3 is 29.6 Å². The minimum Gasteiger partial charge on any atom is -0.454 e. The van der Waals surface area contributed by atoms with Gasteiger partial charge in [0.1, 0.15) is 0 Å². The van der Waals surface area contributed by atoms with Crippen LogP contribution in [-0.2, 0) is 13.1 Å². The Bertz CT molecular complexity index is 1210. The molecule has 0 amide bonds. The first kappa shape index (κ1) is 20.3. The summed E-state index contributed by atoms with van der Waals surface area (Å²) in [7, 11) is 0. The van der Waals surface area contributed by atoms with Gasteiger partial charge in [-0.05, 0) is 23.3 Å². The molecule has 2 heterocycles. The van der Waals surface area contributed by atoms with Crippen molar-refractivity contribution in [2.24, 2.45) is 0 Å². The van der Waals surface area contributed by atoms with Crippen LogP contribution in [0.25, 0.3) is 11.1 Å². The third-order valence-electron chi connectivity index (χ3n) is 5.97. The standard InChI is InChI=1S/C28H24N2O4/c1-3-7-19(8-4-1)15-29-23-13-27-25(31-17-33-27)11-21(23)22-12-26-28(34-18-32-26)14-24(22)30-16-20-9-5-2-6-10-20/h1-14,29-30H,15-18H2. The number of hydrogen-bond acceptors (Lipinski definition) is 6. The molecule has 34 heavy (non-hydrogen) atoms. The monoisotopic (exact) mass is 452 g/mol. The third kappa shape index (κ3) is 4.06. The van der Waals surface area contributed by atoms with Crippen molar-refractivity contribution in [3.8, 4) is 34.1 Å². The zero-order chi connectivity index (χ0) is 22.7. The zero-order valence-electron chi connectivity index (χ0n) is 18.5. The lowest BCUT2D eigenvalue weighted by Crippen LogP contribution is -2.04. The van der Waals surface area contributed by atoms with Crippen molar-refractivity contribution in [1.29, 1.82) is 0 Å². The van der Waals surface area contributed by atoms with E-state index in [2.05, 4.69) is 34.9 Å². The lowest BCUT2D eigenvalue weighted by Gasteiger charge is -2.18. The van der Waals surface area contributed by atoms with Crippen molar-refractivity contribution in [1.82, 2.24) is 0 Å². The van der Waals surface area contributed by atoms with Crippen molar-refractivity contribution in [2.75, 3.05) is 24.2 Å². The molecule has 2 aliphatic heterocycles.